The molecule has 0 aromatic heterocycles. The van der Waals surface area contributed by atoms with Crippen molar-refractivity contribution in [2.45, 2.75) is 31.2 Å². The van der Waals surface area contributed by atoms with Crippen molar-refractivity contribution in [3.05, 3.63) is 23.8 Å². The molecule has 0 spiro atoms. The smallest absolute Gasteiger partial charge is 0.126 e. The molecule has 1 rings (SSSR count). The highest BCUT2D eigenvalue weighted by Crippen LogP contribution is 2.30. The number of nitrogen functional groups attached to an aromatic ring is 1. The third-order valence-electron chi connectivity index (χ3n) is 2.98. The normalized spacial score (nSPS) is 10.8. The zero-order valence-electron chi connectivity index (χ0n) is 11.8. The zero-order valence-corrected chi connectivity index (χ0v) is 12.6. The van der Waals surface area contributed by atoms with Gasteiger partial charge in [0.15, 0.2) is 0 Å². The number of thioether (sulfide) groups is 1. The van der Waals surface area contributed by atoms with E-state index in [9.17, 15) is 0 Å². The Morgan fingerprint density at radius 2 is 2.16 bits per heavy atom. The van der Waals surface area contributed by atoms with E-state index in [1.54, 1.807) is 11.8 Å². The molecule has 0 bridgehead atoms. The fraction of sp³-hybridized carbons (Fsp3) is 0.500. The molecule has 0 heterocycles. The lowest BCUT2D eigenvalue weighted by Gasteiger charge is -2.31. The van der Waals surface area contributed by atoms with Gasteiger partial charge < -0.3 is 15.7 Å². The van der Waals surface area contributed by atoms with Crippen molar-refractivity contribution in [2.24, 2.45) is 5.73 Å². The summed E-state index contributed by atoms with van der Waals surface area (Å²) in [6.45, 7) is 5.13. The molecule has 0 aliphatic heterocycles. The summed E-state index contributed by atoms with van der Waals surface area (Å²) in [4.78, 5) is 3.20. The molecule has 0 unspecified atom stereocenters. The Kier molecular flexibility index (Phi) is 6.18. The summed E-state index contributed by atoms with van der Waals surface area (Å²) in [6, 6.07) is 6.26. The molecule has 5 heteroatoms. The highest BCUT2D eigenvalue weighted by Gasteiger charge is 2.18. The Morgan fingerprint density at radius 3 is 2.63 bits per heavy atom. The number of rotatable bonds is 7. The van der Waals surface area contributed by atoms with Crippen LogP contribution in [0.3, 0.4) is 0 Å². The number of anilines is 1. The first-order valence-electron chi connectivity index (χ1n) is 6.41. The monoisotopic (exact) mass is 281 g/mol. The van der Waals surface area contributed by atoms with Crippen molar-refractivity contribution in [1.82, 2.24) is 0 Å². The van der Waals surface area contributed by atoms with Gasteiger partial charge in [-0.25, -0.2) is 0 Å². The highest BCUT2D eigenvalue weighted by atomic mass is 32.2. The van der Waals surface area contributed by atoms with Gasteiger partial charge in [0.05, 0.1) is 5.56 Å². The number of hydrogen-bond acceptors (Lipinski definition) is 4. The summed E-state index contributed by atoms with van der Waals surface area (Å²) >= 11 is 1.59. The number of nitrogens with one attached hydrogen (secondary N) is 1. The molecule has 0 amide bonds. The maximum atomic E-state index is 9.03. The van der Waals surface area contributed by atoms with E-state index < -0.39 is 0 Å². The second-order valence-electron chi connectivity index (χ2n) is 4.63. The first kappa shape index (κ1) is 15.9. The van der Waals surface area contributed by atoms with Crippen LogP contribution in [-0.2, 0) is 0 Å². The van der Waals surface area contributed by atoms with Crippen LogP contribution in [0.5, 0.6) is 0 Å². The van der Waals surface area contributed by atoms with Crippen LogP contribution in [0.2, 0.25) is 0 Å². The van der Waals surface area contributed by atoms with Gasteiger partial charge in [-0.05, 0) is 38.7 Å². The number of nitrogens with two attached hydrogens (primary N) is 1. The van der Waals surface area contributed by atoms with Gasteiger partial charge in [0.2, 0.25) is 0 Å². The minimum atomic E-state index is 0.0922. The van der Waals surface area contributed by atoms with Crippen molar-refractivity contribution in [3.63, 3.8) is 0 Å². The van der Waals surface area contributed by atoms with Crippen molar-refractivity contribution in [2.75, 3.05) is 24.3 Å². The third kappa shape index (κ3) is 3.88. The van der Waals surface area contributed by atoms with E-state index >= 15 is 0 Å². The van der Waals surface area contributed by atoms with Crippen LogP contribution in [0.1, 0.15) is 25.8 Å². The lowest BCUT2D eigenvalue weighted by molar-refractivity contribution is 0.288. The van der Waals surface area contributed by atoms with E-state index in [0.717, 1.165) is 22.7 Å². The molecular weight excluding hydrogens is 258 g/mol. The van der Waals surface area contributed by atoms with Crippen LogP contribution in [0.25, 0.3) is 0 Å². The number of amidine groups is 1. The molecule has 0 saturated carbocycles. The van der Waals surface area contributed by atoms with Crippen LogP contribution >= 0.6 is 11.8 Å². The largest absolute Gasteiger partial charge is 0.396 e. The van der Waals surface area contributed by atoms with E-state index in [1.165, 1.54) is 0 Å². The predicted molar refractivity (Wildman–Crippen MR) is 83.4 cm³/mol. The molecule has 1 aromatic carbocycles. The summed E-state index contributed by atoms with van der Waals surface area (Å²) < 4.78 is 0. The first-order valence-corrected chi connectivity index (χ1v) is 7.64. The molecule has 4 nitrogen and oxygen atoms in total. The first-order chi connectivity index (χ1) is 9.02. The molecular formula is C14H23N3OS. The number of aliphatic hydroxyl groups excluding tert-OH is 1. The molecule has 106 valence electrons. The van der Waals surface area contributed by atoms with Gasteiger partial charge in [0, 0.05) is 29.8 Å². The highest BCUT2D eigenvalue weighted by molar-refractivity contribution is 7.98. The Labute approximate surface area is 119 Å². The Balaban J connectivity index is 3.25. The van der Waals surface area contributed by atoms with Crippen molar-refractivity contribution in [1.29, 1.82) is 5.41 Å². The van der Waals surface area contributed by atoms with Gasteiger partial charge in [-0.3, -0.25) is 5.41 Å². The summed E-state index contributed by atoms with van der Waals surface area (Å²) in [5.74, 6) is 0.0922. The topological polar surface area (TPSA) is 73.3 Å². The van der Waals surface area contributed by atoms with E-state index in [1.807, 2.05) is 24.5 Å². The van der Waals surface area contributed by atoms with E-state index in [-0.39, 0.29) is 12.4 Å². The van der Waals surface area contributed by atoms with Gasteiger partial charge >= 0.3 is 0 Å². The summed E-state index contributed by atoms with van der Waals surface area (Å²) in [5, 5.41) is 16.8. The lowest BCUT2D eigenvalue weighted by Crippen LogP contribution is -2.34. The molecule has 19 heavy (non-hydrogen) atoms. The quantitative estimate of drug-likeness (QED) is 0.407. The maximum absolute atomic E-state index is 9.03. The fourth-order valence-electron chi connectivity index (χ4n) is 2.10. The van der Waals surface area contributed by atoms with Gasteiger partial charge in [-0.15, -0.1) is 11.8 Å². The van der Waals surface area contributed by atoms with E-state index in [0.29, 0.717) is 12.5 Å². The molecule has 0 saturated heterocycles. The van der Waals surface area contributed by atoms with Gasteiger partial charge in [-0.1, -0.05) is 6.07 Å². The predicted octanol–water partition coefficient (Wildman–Crippen LogP) is 2.29. The number of benzene rings is 1. The minimum Gasteiger partial charge on any atom is -0.396 e. The average Bonchev–Trinajstić information content (AvgIpc) is 2.38. The molecule has 1 aromatic rings. The van der Waals surface area contributed by atoms with Crippen LogP contribution in [-0.4, -0.2) is 36.4 Å². The van der Waals surface area contributed by atoms with Crippen LogP contribution < -0.4 is 10.6 Å². The van der Waals surface area contributed by atoms with E-state index in [4.69, 9.17) is 16.2 Å². The molecule has 0 atom stereocenters. The SMILES string of the molecule is CSc1cccc(N(CCCO)C(C)C)c1C(=N)N. The third-order valence-corrected chi connectivity index (χ3v) is 3.76. The molecule has 0 radical (unpaired) electrons. The molecule has 0 aliphatic rings. The maximum Gasteiger partial charge on any atom is 0.126 e. The molecule has 0 fully saturated rings. The lowest BCUT2D eigenvalue weighted by atomic mass is 10.1. The second kappa shape index (κ2) is 7.40. The average molecular weight is 281 g/mol. The summed E-state index contributed by atoms with van der Waals surface area (Å²) in [5.41, 5.74) is 7.52. The van der Waals surface area contributed by atoms with Gasteiger partial charge in [0.25, 0.3) is 0 Å². The molecule has 0 aliphatic carbocycles. The zero-order chi connectivity index (χ0) is 14.4. The Bertz CT molecular complexity index is 435. The second-order valence-corrected chi connectivity index (χ2v) is 5.48. The Hall–Kier alpha value is -1.20. The standard InChI is InChI=1S/C14H23N3OS/c1-10(2)17(8-5-9-18)11-6-4-7-12(19-3)13(11)14(15)16/h4,6-7,10,18H,5,8-9H2,1-3H3,(H3,15,16). The molecule has 4 N–H and O–H groups in total. The van der Waals surface area contributed by atoms with Gasteiger partial charge in [-0.2, -0.15) is 0 Å². The number of aliphatic hydroxyl groups is 1. The van der Waals surface area contributed by atoms with Crippen molar-refractivity contribution < 1.29 is 5.11 Å². The van der Waals surface area contributed by atoms with Crippen LogP contribution in [0.4, 0.5) is 5.69 Å². The summed E-state index contributed by atoms with van der Waals surface area (Å²) in [7, 11) is 0. The van der Waals surface area contributed by atoms with E-state index in [2.05, 4.69) is 18.7 Å². The van der Waals surface area contributed by atoms with Crippen molar-refractivity contribution >= 4 is 23.3 Å². The summed E-state index contributed by atoms with van der Waals surface area (Å²) in [6.07, 6.45) is 2.69. The van der Waals surface area contributed by atoms with Crippen LogP contribution in [0.15, 0.2) is 23.1 Å². The van der Waals surface area contributed by atoms with Crippen LogP contribution in [0, 0.1) is 5.41 Å². The van der Waals surface area contributed by atoms with Crippen molar-refractivity contribution in [3.8, 4) is 0 Å². The van der Waals surface area contributed by atoms with Gasteiger partial charge in [0.1, 0.15) is 5.84 Å². The minimum absolute atomic E-state index is 0.0922. The Morgan fingerprint density at radius 1 is 1.47 bits per heavy atom. The number of hydrogen-bond donors (Lipinski definition) is 3. The fourth-order valence-corrected chi connectivity index (χ4v) is 2.73. The number of nitrogens with zero attached hydrogens (tertiary/aromatic N) is 1.